The lowest BCUT2D eigenvalue weighted by Gasteiger charge is -2.20. The standard InChI is InChI=1S/C19H20N4O3S2/c1-11-21-9-13-17(20-7-8-23(11)13)27-10-14(24)15-5-6-16(28-15)19(2,26)18(25)22-12-3-4-12/h5-9,12,26H,3-4,10H2,1-2H3,(H,22,25)/t19-/m1/s1. The van der Waals surface area contributed by atoms with Crippen molar-refractivity contribution in [1.29, 1.82) is 0 Å². The molecule has 0 spiro atoms. The summed E-state index contributed by atoms with van der Waals surface area (Å²) in [6.45, 7) is 3.37. The predicted octanol–water partition coefficient (Wildman–Crippen LogP) is 2.56. The third-order valence-corrected chi connectivity index (χ3v) is 7.00. The first-order valence-corrected chi connectivity index (χ1v) is 10.7. The van der Waals surface area contributed by atoms with Crippen LogP contribution >= 0.6 is 23.1 Å². The molecule has 1 aliphatic rings. The molecule has 1 aliphatic carbocycles. The number of thiophene rings is 1. The van der Waals surface area contributed by atoms with E-state index in [1.807, 2.05) is 17.5 Å². The minimum atomic E-state index is -1.64. The number of carbonyl (C=O) groups is 2. The number of aromatic nitrogens is 3. The zero-order chi connectivity index (χ0) is 19.9. The van der Waals surface area contributed by atoms with Crippen molar-refractivity contribution in [3.05, 3.63) is 46.3 Å². The maximum absolute atomic E-state index is 12.6. The van der Waals surface area contributed by atoms with E-state index in [0.29, 0.717) is 9.75 Å². The first kappa shape index (κ1) is 19.1. The molecule has 0 bridgehead atoms. The molecule has 9 heteroatoms. The number of nitrogens with one attached hydrogen (secondary N) is 1. The highest BCUT2D eigenvalue weighted by Crippen LogP contribution is 2.31. The van der Waals surface area contributed by atoms with Crippen molar-refractivity contribution in [2.24, 2.45) is 0 Å². The molecule has 0 saturated heterocycles. The second-order valence-electron chi connectivity index (χ2n) is 6.99. The van der Waals surface area contributed by atoms with E-state index in [-0.39, 0.29) is 17.6 Å². The zero-order valence-electron chi connectivity index (χ0n) is 15.5. The van der Waals surface area contributed by atoms with Crippen LogP contribution in [0.2, 0.25) is 0 Å². The van der Waals surface area contributed by atoms with Crippen LogP contribution in [-0.4, -0.2) is 43.0 Å². The van der Waals surface area contributed by atoms with Gasteiger partial charge >= 0.3 is 0 Å². The van der Waals surface area contributed by atoms with Crippen LogP contribution in [0.1, 0.15) is 40.1 Å². The van der Waals surface area contributed by atoms with Crippen LogP contribution in [0.3, 0.4) is 0 Å². The van der Waals surface area contributed by atoms with E-state index in [2.05, 4.69) is 15.3 Å². The van der Waals surface area contributed by atoms with E-state index in [4.69, 9.17) is 0 Å². The first-order chi connectivity index (χ1) is 13.4. The Hall–Kier alpha value is -2.23. The number of imidazole rings is 1. The van der Waals surface area contributed by atoms with Gasteiger partial charge < -0.3 is 10.4 Å². The molecule has 1 saturated carbocycles. The quantitative estimate of drug-likeness (QED) is 0.454. The summed E-state index contributed by atoms with van der Waals surface area (Å²) in [4.78, 5) is 34.5. The van der Waals surface area contributed by atoms with E-state index in [9.17, 15) is 14.7 Å². The van der Waals surface area contributed by atoms with Crippen molar-refractivity contribution in [3.8, 4) is 0 Å². The highest BCUT2D eigenvalue weighted by atomic mass is 32.2. The fraction of sp³-hybridized carbons (Fsp3) is 0.368. The van der Waals surface area contributed by atoms with Crippen LogP contribution in [0.4, 0.5) is 0 Å². The normalized spacial score (nSPS) is 16.1. The molecule has 0 aromatic carbocycles. The molecule has 3 aromatic rings. The molecular formula is C19H20N4O3S2. The van der Waals surface area contributed by atoms with Crippen molar-refractivity contribution >= 4 is 40.3 Å². The van der Waals surface area contributed by atoms with Gasteiger partial charge in [0.15, 0.2) is 11.4 Å². The topological polar surface area (TPSA) is 96.6 Å². The maximum Gasteiger partial charge on any atom is 0.257 e. The number of aryl methyl sites for hydroxylation is 1. The number of amides is 1. The van der Waals surface area contributed by atoms with Gasteiger partial charge in [-0.2, -0.15) is 0 Å². The fourth-order valence-corrected chi connectivity index (χ4v) is 4.70. The lowest BCUT2D eigenvalue weighted by Crippen LogP contribution is -2.42. The third-order valence-electron chi connectivity index (χ3n) is 4.66. The van der Waals surface area contributed by atoms with Gasteiger partial charge in [0, 0.05) is 23.3 Å². The molecule has 4 rings (SSSR count). The SMILES string of the molecule is Cc1ncc2c(SCC(=O)c3ccc([C@@](C)(O)C(=O)NC4CC4)s3)nccn12. The molecule has 1 atom stereocenters. The van der Waals surface area contributed by atoms with Crippen LogP contribution in [0, 0.1) is 6.92 Å². The summed E-state index contributed by atoms with van der Waals surface area (Å²) >= 11 is 2.50. The Morgan fingerprint density at radius 2 is 2.18 bits per heavy atom. The highest BCUT2D eigenvalue weighted by molar-refractivity contribution is 8.00. The van der Waals surface area contributed by atoms with Crippen LogP contribution < -0.4 is 5.32 Å². The van der Waals surface area contributed by atoms with Crippen LogP contribution in [0.25, 0.3) is 5.52 Å². The van der Waals surface area contributed by atoms with E-state index < -0.39 is 11.5 Å². The van der Waals surface area contributed by atoms with Gasteiger partial charge in [-0.05, 0) is 38.8 Å². The number of hydrogen-bond donors (Lipinski definition) is 2. The molecule has 3 heterocycles. The summed E-state index contributed by atoms with van der Waals surface area (Å²) in [7, 11) is 0. The molecule has 1 fully saturated rings. The van der Waals surface area contributed by atoms with Crippen LogP contribution in [0.15, 0.2) is 35.7 Å². The van der Waals surface area contributed by atoms with Gasteiger partial charge in [-0.25, -0.2) is 9.97 Å². The van der Waals surface area contributed by atoms with E-state index >= 15 is 0 Å². The van der Waals surface area contributed by atoms with Gasteiger partial charge in [0.05, 0.1) is 22.3 Å². The highest BCUT2D eigenvalue weighted by Gasteiger charge is 2.37. The molecular weight excluding hydrogens is 396 g/mol. The Morgan fingerprint density at radius 1 is 1.39 bits per heavy atom. The molecule has 0 aliphatic heterocycles. The summed E-state index contributed by atoms with van der Waals surface area (Å²) in [5, 5.41) is 14.2. The minimum Gasteiger partial charge on any atom is -0.375 e. The Morgan fingerprint density at radius 3 is 2.93 bits per heavy atom. The van der Waals surface area contributed by atoms with Crippen molar-refractivity contribution in [3.63, 3.8) is 0 Å². The lowest BCUT2D eigenvalue weighted by atomic mass is 10.0. The average molecular weight is 417 g/mol. The Kier molecular flexibility index (Phi) is 4.98. The number of carbonyl (C=O) groups excluding carboxylic acids is 2. The van der Waals surface area contributed by atoms with Crippen LogP contribution in [-0.2, 0) is 10.4 Å². The van der Waals surface area contributed by atoms with Crippen molar-refractivity contribution in [1.82, 2.24) is 19.7 Å². The Bertz CT molecular complexity index is 1050. The second kappa shape index (κ2) is 7.31. The average Bonchev–Trinajstić information content (AvgIpc) is 3.19. The summed E-state index contributed by atoms with van der Waals surface area (Å²) in [5.74, 6) is 0.588. The van der Waals surface area contributed by atoms with E-state index in [1.165, 1.54) is 18.7 Å². The summed E-state index contributed by atoms with van der Waals surface area (Å²) < 4.78 is 1.93. The second-order valence-corrected chi connectivity index (χ2v) is 9.04. The number of thioether (sulfide) groups is 1. The van der Waals surface area contributed by atoms with Crippen molar-refractivity contribution < 1.29 is 14.7 Å². The fourth-order valence-electron chi connectivity index (χ4n) is 2.76. The molecule has 2 N–H and O–H groups in total. The number of aliphatic hydroxyl groups is 1. The number of fused-ring (bicyclic) bond motifs is 1. The smallest absolute Gasteiger partial charge is 0.257 e. The predicted molar refractivity (Wildman–Crippen MR) is 108 cm³/mol. The molecule has 28 heavy (non-hydrogen) atoms. The van der Waals surface area contributed by atoms with E-state index in [1.54, 1.807) is 24.5 Å². The lowest BCUT2D eigenvalue weighted by molar-refractivity contribution is -0.138. The van der Waals surface area contributed by atoms with E-state index in [0.717, 1.165) is 40.5 Å². The first-order valence-electron chi connectivity index (χ1n) is 8.94. The molecule has 1 amide bonds. The summed E-state index contributed by atoms with van der Waals surface area (Å²) in [6, 6.07) is 3.48. The maximum atomic E-state index is 12.6. The van der Waals surface area contributed by atoms with Gasteiger partial charge in [0.25, 0.3) is 5.91 Å². The monoisotopic (exact) mass is 416 g/mol. The number of rotatable bonds is 7. The zero-order valence-corrected chi connectivity index (χ0v) is 17.1. The Labute approximate surface area is 170 Å². The van der Waals surface area contributed by atoms with Crippen molar-refractivity contribution in [2.75, 3.05) is 5.75 Å². The molecule has 3 aromatic heterocycles. The molecule has 0 unspecified atom stereocenters. The van der Waals surface area contributed by atoms with Gasteiger partial charge in [-0.1, -0.05) is 11.8 Å². The van der Waals surface area contributed by atoms with Gasteiger partial charge in [0.1, 0.15) is 10.9 Å². The number of nitrogens with zero attached hydrogens (tertiary/aromatic N) is 3. The largest absolute Gasteiger partial charge is 0.375 e. The molecule has 0 radical (unpaired) electrons. The summed E-state index contributed by atoms with van der Waals surface area (Å²) in [6.07, 6.45) is 7.17. The number of ketones is 1. The van der Waals surface area contributed by atoms with Crippen LogP contribution in [0.5, 0.6) is 0 Å². The van der Waals surface area contributed by atoms with Gasteiger partial charge in [-0.3, -0.25) is 14.0 Å². The molecule has 7 nitrogen and oxygen atoms in total. The van der Waals surface area contributed by atoms with Gasteiger partial charge in [0.2, 0.25) is 0 Å². The Balaban J connectivity index is 1.44. The van der Waals surface area contributed by atoms with Crippen molar-refractivity contribution in [2.45, 2.75) is 43.4 Å². The minimum absolute atomic E-state index is 0.0697. The third kappa shape index (κ3) is 3.69. The molecule has 146 valence electrons. The summed E-state index contributed by atoms with van der Waals surface area (Å²) in [5.41, 5.74) is -0.773. The number of Topliss-reactive ketones (excluding diaryl/α,β-unsaturated/α-hetero) is 1. The van der Waals surface area contributed by atoms with Gasteiger partial charge in [-0.15, -0.1) is 11.3 Å². The number of hydrogen-bond acceptors (Lipinski definition) is 7.